The van der Waals surface area contributed by atoms with Crippen molar-refractivity contribution in [3.05, 3.63) is 163 Å². The quantitative estimate of drug-likeness (QED) is 0.0695. The van der Waals surface area contributed by atoms with Gasteiger partial charge in [-0.05, 0) is 101 Å². The monoisotopic (exact) mass is 778 g/mol. The van der Waals surface area contributed by atoms with Crippen LogP contribution in [0.1, 0.15) is 17.0 Å². The third-order valence-electron chi connectivity index (χ3n) is 12.6. The fraction of sp³-hybridized carbons (Fsp3) is 0.0385. The fourth-order valence-electron chi connectivity index (χ4n) is 9.65. The van der Waals surface area contributed by atoms with Crippen LogP contribution in [0.2, 0.25) is 0 Å². The molecule has 0 saturated carbocycles. The van der Waals surface area contributed by atoms with Gasteiger partial charge in [0.05, 0.1) is 5.56 Å². The zero-order chi connectivity index (χ0) is 41.0. The van der Waals surface area contributed by atoms with E-state index in [4.69, 9.17) is 4.74 Å². The molecule has 1 aliphatic heterocycles. The summed E-state index contributed by atoms with van der Waals surface area (Å²) in [6.07, 6.45) is 5.86. The maximum Gasteiger partial charge on any atom is 0.200 e. The highest BCUT2D eigenvalue weighted by atomic mass is 16.5. The van der Waals surface area contributed by atoms with E-state index in [0.29, 0.717) is 49.3 Å². The number of allylic oxidation sites excluding steroid dienone is 2. The van der Waals surface area contributed by atoms with Gasteiger partial charge in [-0.2, -0.15) is 0 Å². The molecule has 0 amide bonds. The van der Waals surface area contributed by atoms with Gasteiger partial charge < -0.3 is 30.3 Å². The van der Waals surface area contributed by atoms with Crippen LogP contribution < -0.4 is 15.7 Å². The molecule has 0 fully saturated rings. The summed E-state index contributed by atoms with van der Waals surface area (Å²) in [6.45, 7) is 0. The van der Waals surface area contributed by atoms with Crippen LogP contribution in [0.5, 0.6) is 34.5 Å². The van der Waals surface area contributed by atoms with E-state index in [0.717, 1.165) is 49.6 Å². The van der Waals surface area contributed by atoms with Crippen molar-refractivity contribution in [2.75, 3.05) is 0 Å². The molecule has 1 aliphatic carbocycles. The highest BCUT2D eigenvalue weighted by Gasteiger charge is 2.36. The van der Waals surface area contributed by atoms with Crippen molar-refractivity contribution < 1.29 is 30.3 Å². The Morgan fingerprint density at radius 1 is 0.433 bits per heavy atom. The molecule has 2 aliphatic rings. The van der Waals surface area contributed by atoms with E-state index in [1.807, 2.05) is 98.9 Å². The lowest BCUT2D eigenvalue weighted by Crippen LogP contribution is -2.19. The van der Waals surface area contributed by atoms with Gasteiger partial charge in [-0.25, -0.2) is 0 Å². The zero-order valence-corrected chi connectivity index (χ0v) is 32.7. The Labute approximate surface area is 347 Å². The van der Waals surface area contributed by atoms with Gasteiger partial charge in [0.2, 0.25) is 0 Å². The van der Waals surface area contributed by atoms with Crippen LogP contribution in [0.3, 0.4) is 0 Å². The first-order chi connectivity index (χ1) is 29.2. The largest absolute Gasteiger partial charge is 0.508 e. The SMILES string of the molecule is Bc1c(O)c(O)c(O)c2c(-c3ccc(-c4ccc5ccccc5c4)cc3)c3c(O)c(-c4ccccc4)c(O)c(B)c3c(C3=CC4c5cc6ccccc6cc5OC4C=C3)c12. The molecule has 2 atom stereocenters. The van der Waals surface area contributed by atoms with Crippen molar-refractivity contribution in [2.24, 2.45) is 0 Å². The first-order valence-corrected chi connectivity index (χ1v) is 20.0. The van der Waals surface area contributed by atoms with Gasteiger partial charge in [-0.3, -0.25) is 0 Å². The smallest absolute Gasteiger partial charge is 0.200 e. The van der Waals surface area contributed by atoms with Gasteiger partial charge in [-0.1, -0.05) is 127 Å². The van der Waals surface area contributed by atoms with Gasteiger partial charge in [0.15, 0.2) is 17.2 Å². The highest BCUT2D eigenvalue weighted by molar-refractivity contribution is 6.49. The van der Waals surface area contributed by atoms with E-state index in [9.17, 15) is 25.5 Å². The predicted molar refractivity (Wildman–Crippen MR) is 248 cm³/mol. The molecule has 0 bridgehead atoms. The Morgan fingerprint density at radius 2 is 1.00 bits per heavy atom. The Bertz CT molecular complexity index is 3370. The maximum atomic E-state index is 12.7. The molecular weight excluding hydrogens is 742 g/mol. The van der Waals surface area contributed by atoms with Crippen LogP contribution in [0.15, 0.2) is 152 Å². The second-order valence-electron chi connectivity index (χ2n) is 15.9. The van der Waals surface area contributed by atoms with Crippen LogP contribution in [-0.4, -0.2) is 47.3 Å². The van der Waals surface area contributed by atoms with Crippen molar-refractivity contribution in [2.45, 2.75) is 12.0 Å². The minimum Gasteiger partial charge on any atom is -0.508 e. The Kier molecular flexibility index (Phi) is 7.85. The first kappa shape index (κ1) is 35.6. The lowest BCUT2D eigenvalue weighted by molar-refractivity contribution is 0.269. The zero-order valence-electron chi connectivity index (χ0n) is 32.7. The Hall–Kier alpha value is -7.57. The molecule has 1 heterocycles. The summed E-state index contributed by atoms with van der Waals surface area (Å²) < 4.78 is 6.50. The van der Waals surface area contributed by atoms with E-state index in [2.05, 4.69) is 60.7 Å². The molecule has 60 heavy (non-hydrogen) atoms. The third kappa shape index (κ3) is 5.17. The Morgan fingerprint density at radius 3 is 1.72 bits per heavy atom. The minimum absolute atomic E-state index is 0.0893. The molecule has 286 valence electrons. The van der Waals surface area contributed by atoms with Gasteiger partial charge in [0.25, 0.3) is 0 Å². The molecule has 0 radical (unpaired) electrons. The lowest BCUT2D eigenvalue weighted by atomic mass is 9.73. The number of hydrogen-bond acceptors (Lipinski definition) is 6. The molecule has 9 aromatic rings. The van der Waals surface area contributed by atoms with Crippen LogP contribution in [0.4, 0.5) is 0 Å². The van der Waals surface area contributed by atoms with E-state index < -0.39 is 17.2 Å². The Balaban J connectivity index is 1.23. The normalized spacial score (nSPS) is 15.6. The summed E-state index contributed by atoms with van der Waals surface area (Å²) in [7, 11) is 3.54. The summed E-state index contributed by atoms with van der Waals surface area (Å²) in [6, 6.07) is 44.1. The van der Waals surface area contributed by atoms with Gasteiger partial charge in [0, 0.05) is 27.8 Å². The molecule has 2 unspecified atom stereocenters. The second-order valence-corrected chi connectivity index (χ2v) is 15.9. The van der Waals surface area contributed by atoms with Crippen molar-refractivity contribution in [3.63, 3.8) is 0 Å². The lowest BCUT2D eigenvalue weighted by Gasteiger charge is -2.27. The average molecular weight is 778 g/mol. The van der Waals surface area contributed by atoms with Crippen LogP contribution >= 0.6 is 0 Å². The van der Waals surface area contributed by atoms with Crippen LogP contribution in [-0.2, 0) is 0 Å². The molecule has 8 heteroatoms. The van der Waals surface area contributed by atoms with Crippen molar-refractivity contribution >= 4 is 75.3 Å². The van der Waals surface area contributed by atoms with Crippen molar-refractivity contribution in [1.82, 2.24) is 0 Å². The van der Waals surface area contributed by atoms with Crippen molar-refractivity contribution in [1.29, 1.82) is 0 Å². The third-order valence-corrected chi connectivity index (χ3v) is 12.6. The second kappa shape index (κ2) is 13.2. The molecule has 0 aromatic heterocycles. The van der Waals surface area contributed by atoms with Gasteiger partial charge >= 0.3 is 0 Å². The van der Waals surface area contributed by atoms with Gasteiger partial charge in [-0.15, -0.1) is 0 Å². The van der Waals surface area contributed by atoms with E-state index in [-0.39, 0.29) is 34.5 Å². The van der Waals surface area contributed by atoms with E-state index >= 15 is 0 Å². The standard InChI is InChI=1S/C52H36B2O6/c53-46-42-40(34-20-21-37-35(24-34)36-23-31-12-6-7-13-32(31)25-38(36)60-37)43-45(50(57)52(59)51(58)47(43)54)39(44(42)48(55)41(49(46)56)28-9-2-1-3-10-28)29-17-14-27(15-18-29)33-19-16-26-8-4-5-11-30(26)22-33/h1-25,35,37,55-59H,53-54H2. The molecule has 9 aromatic carbocycles. The summed E-state index contributed by atoms with van der Waals surface area (Å²) in [5.74, 6) is -1.27. The highest BCUT2D eigenvalue weighted by Crippen LogP contribution is 2.55. The topological polar surface area (TPSA) is 110 Å². The average Bonchev–Trinajstić information content (AvgIpc) is 3.64. The van der Waals surface area contributed by atoms with Crippen molar-refractivity contribution in [3.8, 4) is 67.9 Å². The number of ether oxygens (including phenoxy) is 1. The summed E-state index contributed by atoms with van der Waals surface area (Å²) in [5.41, 5.74) is 7.16. The molecule has 5 N–H and O–H groups in total. The molecule has 0 saturated heterocycles. The minimum atomic E-state index is -0.657. The number of benzene rings is 9. The summed E-state index contributed by atoms with van der Waals surface area (Å²) in [5, 5.41) is 65.9. The number of phenolic OH excluding ortho intramolecular Hbond substituents is 5. The first-order valence-electron chi connectivity index (χ1n) is 20.0. The molecule has 0 spiro atoms. The number of phenols is 5. The number of aromatic hydroxyl groups is 5. The summed E-state index contributed by atoms with van der Waals surface area (Å²) in [4.78, 5) is 0. The molecule has 6 nitrogen and oxygen atoms in total. The van der Waals surface area contributed by atoms with Crippen LogP contribution in [0, 0.1) is 0 Å². The maximum absolute atomic E-state index is 12.7. The number of fused-ring (bicyclic) bond motifs is 7. The van der Waals surface area contributed by atoms with E-state index in [1.165, 1.54) is 0 Å². The number of hydrogen-bond donors (Lipinski definition) is 5. The number of rotatable bonds is 4. The molecular formula is C52H36B2O6. The van der Waals surface area contributed by atoms with Crippen LogP contribution in [0.25, 0.3) is 82.0 Å². The van der Waals surface area contributed by atoms with E-state index in [1.54, 1.807) is 7.85 Å². The van der Waals surface area contributed by atoms with Gasteiger partial charge in [0.1, 0.15) is 39.0 Å². The molecule has 11 rings (SSSR count). The predicted octanol–water partition coefficient (Wildman–Crippen LogP) is 8.84. The summed E-state index contributed by atoms with van der Waals surface area (Å²) >= 11 is 0. The fourth-order valence-corrected chi connectivity index (χ4v) is 9.65.